The monoisotopic (exact) mass is 425 g/mol. The van der Waals surface area contributed by atoms with E-state index in [9.17, 15) is 4.79 Å². The predicted molar refractivity (Wildman–Crippen MR) is 124 cm³/mol. The molecular weight excluding hydrogens is 406 g/mol. The molecule has 6 nitrogen and oxygen atoms in total. The number of carbonyl (C=O) groups is 1. The molecule has 7 heteroatoms. The number of amides is 1. The van der Waals surface area contributed by atoms with Gasteiger partial charge in [0.2, 0.25) is 5.91 Å². The molecule has 5 rings (SSSR count). The van der Waals surface area contributed by atoms with Gasteiger partial charge in [0.25, 0.3) is 0 Å². The summed E-state index contributed by atoms with van der Waals surface area (Å²) >= 11 is 1.52. The van der Waals surface area contributed by atoms with E-state index in [2.05, 4.69) is 38.2 Å². The number of aryl methyl sites for hydroxylation is 1. The number of benzene rings is 2. The summed E-state index contributed by atoms with van der Waals surface area (Å²) in [7, 11) is 0. The molecular formula is C24H19N5OS. The van der Waals surface area contributed by atoms with Crippen LogP contribution in [0.1, 0.15) is 11.3 Å². The van der Waals surface area contributed by atoms with Gasteiger partial charge in [-0.25, -0.2) is 9.97 Å². The second-order valence-electron chi connectivity index (χ2n) is 7.29. The Morgan fingerprint density at radius 2 is 1.90 bits per heavy atom. The minimum Gasteiger partial charge on any atom is -0.338 e. The summed E-state index contributed by atoms with van der Waals surface area (Å²) in [6, 6.07) is 17.6. The first-order valence-electron chi connectivity index (χ1n) is 9.85. The average Bonchev–Trinajstić information content (AvgIpc) is 3.41. The summed E-state index contributed by atoms with van der Waals surface area (Å²) in [6.45, 7) is 2.05. The highest BCUT2D eigenvalue weighted by Gasteiger charge is 2.11. The lowest BCUT2D eigenvalue weighted by molar-refractivity contribution is -0.115. The number of imidazole rings is 1. The summed E-state index contributed by atoms with van der Waals surface area (Å²) in [4.78, 5) is 29.2. The number of H-pyrrole nitrogens is 1. The van der Waals surface area contributed by atoms with Crippen molar-refractivity contribution in [3.8, 4) is 22.0 Å². The lowest BCUT2D eigenvalue weighted by atomic mass is 10.2. The number of fused-ring (bicyclic) bond motifs is 1. The third-order valence-electron chi connectivity index (χ3n) is 4.88. The van der Waals surface area contributed by atoms with Crippen LogP contribution in [0.5, 0.6) is 0 Å². The Morgan fingerprint density at radius 1 is 1.03 bits per heavy atom. The molecule has 0 atom stereocenters. The van der Waals surface area contributed by atoms with Gasteiger partial charge in [0, 0.05) is 34.6 Å². The second-order valence-corrected chi connectivity index (χ2v) is 8.15. The molecule has 2 N–H and O–H groups in total. The van der Waals surface area contributed by atoms with Crippen molar-refractivity contribution in [2.45, 2.75) is 13.3 Å². The standard InChI is InChI=1S/C24H19N5OS/c1-15-5-6-20-21(11-15)29-23(28-20)17-3-2-4-18(12-17)26-22(30)13-19-14-31-24(27-19)16-7-9-25-10-8-16/h2-12,14H,13H2,1H3,(H,26,30)(H,28,29). The molecule has 0 saturated heterocycles. The number of nitrogens with one attached hydrogen (secondary N) is 2. The molecule has 0 saturated carbocycles. The molecule has 2 aromatic carbocycles. The number of pyridine rings is 1. The van der Waals surface area contributed by atoms with Crippen LogP contribution in [-0.2, 0) is 11.2 Å². The summed E-state index contributed by atoms with van der Waals surface area (Å²) < 4.78 is 0. The minimum absolute atomic E-state index is 0.107. The molecule has 0 fully saturated rings. The van der Waals surface area contributed by atoms with Gasteiger partial charge in [0.05, 0.1) is 23.1 Å². The average molecular weight is 426 g/mol. The fraction of sp³-hybridized carbons (Fsp3) is 0.0833. The lowest BCUT2D eigenvalue weighted by Gasteiger charge is -2.06. The highest BCUT2D eigenvalue weighted by molar-refractivity contribution is 7.13. The van der Waals surface area contributed by atoms with Crippen LogP contribution < -0.4 is 5.32 Å². The Kier molecular flexibility index (Phi) is 5.01. The van der Waals surface area contributed by atoms with Gasteiger partial charge in [-0.15, -0.1) is 11.3 Å². The summed E-state index contributed by atoms with van der Waals surface area (Å²) in [6.07, 6.45) is 3.69. The smallest absolute Gasteiger partial charge is 0.230 e. The van der Waals surface area contributed by atoms with Gasteiger partial charge in [-0.1, -0.05) is 18.2 Å². The number of anilines is 1. The fourth-order valence-corrected chi connectivity index (χ4v) is 4.22. The maximum atomic E-state index is 12.6. The zero-order valence-electron chi connectivity index (χ0n) is 16.8. The van der Waals surface area contributed by atoms with E-state index in [1.54, 1.807) is 12.4 Å². The SMILES string of the molecule is Cc1ccc2nc(-c3cccc(NC(=O)Cc4csc(-c5ccncc5)n4)c3)[nH]c2c1. The van der Waals surface area contributed by atoms with E-state index in [0.717, 1.165) is 44.4 Å². The maximum absolute atomic E-state index is 12.6. The Labute approximate surface area is 183 Å². The number of hydrogen-bond acceptors (Lipinski definition) is 5. The highest BCUT2D eigenvalue weighted by atomic mass is 32.1. The molecule has 0 aliphatic rings. The molecule has 152 valence electrons. The molecule has 0 aliphatic heterocycles. The van der Waals surface area contributed by atoms with Crippen LogP contribution in [0, 0.1) is 6.92 Å². The summed E-state index contributed by atoms with van der Waals surface area (Å²) in [5, 5.41) is 5.77. The van der Waals surface area contributed by atoms with Gasteiger partial charge in [0.1, 0.15) is 10.8 Å². The van der Waals surface area contributed by atoms with Crippen LogP contribution in [0.4, 0.5) is 5.69 Å². The molecule has 1 amide bonds. The van der Waals surface area contributed by atoms with Crippen LogP contribution in [0.15, 0.2) is 72.4 Å². The van der Waals surface area contributed by atoms with E-state index < -0.39 is 0 Å². The molecule has 0 aliphatic carbocycles. The van der Waals surface area contributed by atoms with Crippen LogP contribution in [0.2, 0.25) is 0 Å². The Hall–Kier alpha value is -3.84. The van der Waals surface area contributed by atoms with Crippen molar-refractivity contribution in [2.75, 3.05) is 5.32 Å². The normalized spacial score (nSPS) is 11.0. The molecule has 0 spiro atoms. The van der Waals surface area contributed by atoms with Crippen molar-refractivity contribution in [2.24, 2.45) is 0 Å². The van der Waals surface area contributed by atoms with E-state index in [-0.39, 0.29) is 12.3 Å². The van der Waals surface area contributed by atoms with E-state index in [1.165, 1.54) is 16.9 Å². The van der Waals surface area contributed by atoms with Crippen LogP contribution in [-0.4, -0.2) is 25.8 Å². The molecule has 0 radical (unpaired) electrons. The Morgan fingerprint density at radius 3 is 2.77 bits per heavy atom. The Balaban J connectivity index is 1.30. The molecule has 3 heterocycles. The van der Waals surface area contributed by atoms with Crippen molar-refractivity contribution in [1.82, 2.24) is 19.9 Å². The third kappa shape index (κ3) is 4.22. The van der Waals surface area contributed by atoms with Crippen molar-refractivity contribution in [3.63, 3.8) is 0 Å². The molecule has 0 bridgehead atoms. The fourth-order valence-electron chi connectivity index (χ4n) is 3.39. The number of aromatic amines is 1. The summed E-state index contributed by atoms with van der Waals surface area (Å²) in [5.74, 6) is 0.669. The van der Waals surface area contributed by atoms with Crippen LogP contribution in [0.3, 0.4) is 0 Å². The molecule has 0 unspecified atom stereocenters. The van der Waals surface area contributed by atoms with Crippen LogP contribution in [0.25, 0.3) is 33.0 Å². The van der Waals surface area contributed by atoms with E-state index >= 15 is 0 Å². The maximum Gasteiger partial charge on any atom is 0.230 e. The van der Waals surface area contributed by atoms with Crippen molar-refractivity contribution in [1.29, 1.82) is 0 Å². The minimum atomic E-state index is -0.107. The van der Waals surface area contributed by atoms with Gasteiger partial charge >= 0.3 is 0 Å². The zero-order chi connectivity index (χ0) is 21.2. The van der Waals surface area contributed by atoms with Crippen molar-refractivity contribution >= 4 is 34.0 Å². The van der Waals surface area contributed by atoms with Crippen molar-refractivity contribution in [3.05, 3.63) is 83.6 Å². The number of rotatable bonds is 5. The van der Waals surface area contributed by atoms with E-state index in [4.69, 9.17) is 0 Å². The first-order chi connectivity index (χ1) is 15.1. The third-order valence-corrected chi connectivity index (χ3v) is 5.82. The topological polar surface area (TPSA) is 83.6 Å². The molecule has 31 heavy (non-hydrogen) atoms. The number of carbonyl (C=O) groups excluding carboxylic acids is 1. The Bertz CT molecular complexity index is 1370. The van der Waals surface area contributed by atoms with Gasteiger partial charge in [-0.3, -0.25) is 9.78 Å². The van der Waals surface area contributed by atoms with Crippen LogP contribution >= 0.6 is 11.3 Å². The highest BCUT2D eigenvalue weighted by Crippen LogP contribution is 2.25. The number of thiazole rings is 1. The molecule has 5 aromatic rings. The number of hydrogen-bond donors (Lipinski definition) is 2. The molecule has 3 aromatic heterocycles. The van der Waals surface area contributed by atoms with Gasteiger partial charge in [-0.2, -0.15) is 0 Å². The number of aromatic nitrogens is 4. The van der Waals surface area contributed by atoms with Gasteiger partial charge < -0.3 is 10.3 Å². The first-order valence-corrected chi connectivity index (χ1v) is 10.7. The lowest BCUT2D eigenvalue weighted by Crippen LogP contribution is -2.14. The van der Waals surface area contributed by atoms with E-state index in [0.29, 0.717) is 0 Å². The second kappa shape index (κ2) is 8.12. The quantitative estimate of drug-likeness (QED) is 0.403. The summed E-state index contributed by atoms with van der Waals surface area (Å²) in [5.41, 5.74) is 6.49. The zero-order valence-corrected chi connectivity index (χ0v) is 17.6. The first kappa shape index (κ1) is 19.1. The number of nitrogens with zero attached hydrogens (tertiary/aromatic N) is 3. The van der Waals surface area contributed by atoms with E-state index in [1.807, 2.05) is 53.9 Å². The van der Waals surface area contributed by atoms with Crippen molar-refractivity contribution < 1.29 is 4.79 Å². The van der Waals surface area contributed by atoms with Gasteiger partial charge in [-0.05, 0) is 48.9 Å². The van der Waals surface area contributed by atoms with Gasteiger partial charge in [0.15, 0.2) is 0 Å². The largest absolute Gasteiger partial charge is 0.338 e. The predicted octanol–water partition coefficient (Wildman–Crippen LogP) is 5.24.